The minimum absolute atomic E-state index is 0.119. The van der Waals surface area contributed by atoms with E-state index in [1.807, 2.05) is 0 Å². The van der Waals surface area contributed by atoms with Crippen LogP contribution in [0.25, 0.3) is 0 Å². The molecule has 116 valence electrons. The van der Waals surface area contributed by atoms with Crippen LogP contribution < -0.4 is 15.8 Å². The number of nitrogens with one attached hydrogen (secondary N) is 1. The Morgan fingerprint density at radius 3 is 2.57 bits per heavy atom. The van der Waals surface area contributed by atoms with E-state index in [9.17, 15) is 9.18 Å². The van der Waals surface area contributed by atoms with Crippen LogP contribution in [0.2, 0.25) is 0 Å². The van der Waals surface area contributed by atoms with Gasteiger partial charge in [0.25, 0.3) is 5.91 Å². The molecule has 1 rings (SSSR count). The number of halogens is 1. The van der Waals surface area contributed by atoms with Crippen molar-refractivity contribution in [3.05, 3.63) is 29.6 Å². The van der Waals surface area contributed by atoms with Crippen molar-refractivity contribution in [1.29, 1.82) is 0 Å². The lowest BCUT2D eigenvalue weighted by atomic mass is 9.91. The summed E-state index contributed by atoms with van der Waals surface area (Å²) in [6.07, 6.45) is 0.782. The van der Waals surface area contributed by atoms with Gasteiger partial charge < -0.3 is 21.0 Å². The maximum Gasteiger partial charge on any atom is 0.258 e. The summed E-state index contributed by atoms with van der Waals surface area (Å²) in [6, 6.07) is 4.10. The Bertz CT molecular complexity index is 542. The molecule has 0 fully saturated rings. The van der Waals surface area contributed by atoms with E-state index in [0.717, 1.165) is 0 Å². The van der Waals surface area contributed by atoms with Crippen LogP contribution in [0.4, 0.5) is 4.39 Å². The number of nitrogens with two attached hydrogens (primary N) is 1. The van der Waals surface area contributed by atoms with Gasteiger partial charge in [-0.3, -0.25) is 4.79 Å². The second kappa shape index (κ2) is 6.92. The number of ether oxygens (including phenoxy) is 1. The van der Waals surface area contributed by atoms with Gasteiger partial charge in [0, 0.05) is 0 Å². The molecule has 0 aliphatic heterocycles. The number of hydrogen-bond donors (Lipinski definition) is 3. The summed E-state index contributed by atoms with van der Waals surface area (Å²) in [7, 11) is 1.35. The molecule has 0 unspecified atom stereocenters. The van der Waals surface area contributed by atoms with Crippen LogP contribution in [-0.2, 0) is 0 Å². The van der Waals surface area contributed by atoms with Gasteiger partial charge in [0.05, 0.1) is 7.11 Å². The Morgan fingerprint density at radius 2 is 2.10 bits per heavy atom. The van der Waals surface area contributed by atoms with Crippen LogP contribution in [-0.4, -0.2) is 29.6 Å². The maximum atomic E-state index is 13.9. The van der Waals surface area contributed by atoms with Crippen LogP contribution in [0.15, 0.2) is 23.4 Å². The molecular formula is C14H20FN3O3. The lowest BCUT2D eigenvalue weighted by Crippen LogP contribution is -2.57. The molecule has 0 aromatic heterocycles. The fraction of sp³-hybridized carbons (Fsp3) is 0.429. The van der Waals surface area contributed by atoms with Gasteiger partial charge in [-0.15, -0.1) is 0 Å². The van der Waals surface area contributed by atoms with E-state index in [2.05, 4.69) is 10.5 Å². The summed E-state index contributed by atoms with van der Waals surface area (Å²) >= 11 is 0. The molecule has 7 heteroatoms. The highest BCUT2D eigenvalue weighted by Crippen LogP contribution is 2.23. The van der Waals surface area contributed by atoms with E-state index >= 15 is 0 Å². The number of amides is 1. The maximum absolute atomic E-state index is 13.9. The number of benzene rings is 1. The lowest BCUT2D eigenvalue weighted by Gasteiger charge is -2.31. The second-order valence-electron chi connectivity index (χ2n) is 4.55. The number of methoxy groups -OCH3 is 1. The largest absolute Gasteiger partial charge is 0.496 e. The number of nitrogens with zero attached hydrogens (tertiary/aromatic N) is 1. The Morgan fingerprint density at radius 1 is 1.48 bits per heavy atom. The highest BCUT2D eigenvalue weighted by atomic mass is 19.1. The fourth-order valence-corrected chi connectivity index (χ4v) is 2.12. The van der Waals surface area contributed by atoms with E-state index in [1.54, 1.807) is 13.8 Å². The molecule has 0 bridgehead atoms. The molecule has 0 aliphatic rings. The summed E-state index contributed by atoms with van der Waals surface area (Å²) in [4.78, 5) is 12.4. The minimum Gasteiger partial charge on any atom is -0.496 e. The first-order valence-electron chi connectivity index (χ1n) is 6.58. The van der Waals surface area contributed by atoms with E-state index in [4.69, 9.17) is 15.7 Å². The number of hydrogen-bond acceptors (Lipinski definition) is 4. The second-order valence-corrected chi connectivity index (χ2v) is 4.55. The summed E-state index contributed by atoms with van der Waals surface area (Å²) < 4.78 is 18.9. The van der Waals surface area contributed by atoms with Gasteiger partial charge in [-0.2, -0.15) is 0 Å². The zero-order valence-corrected chi connectivity index (χ0v) is 12.3. The first-order chi connectivity index (χ1) is 9.95. The number of rotatable bonds is 6. The van der Waals surface area contributed by atoms with Gasteiger partial charge in [0.2, 0.25) is 0 Å². The molecule has 4 N–H and O–H groups in total. The van der Waals surface area contributed by atoms with Gasteiger partial charge in [-0.1, -0.05) is 25.1 Å². The van der Waals surface area contributed by atoms with Crippen molar-refractivity contribution >= 4 is 11.7 Å². The summed E-state index contributed by atoms with van der Waals surface area (Å²) in [5.41, 5.74) is 4.41. The van der Waals surface area contributed by atoms with Crippen molar-refractivity contribution in [3.63, 3.8) is 0 Å². The predicted molar refractivity (Wildman–Crippen MR) is 77.1 cm³/mol. The number of carbonyl (C=O) groups is 1. The van der Waals surface area contributed by atoms with Gasteiger partial charge in [0.15, 0.2) is 5.84 Å². The van der Waals surface area contributed by atoms with Crippen LogP contribution in [0, 0.1) is 5.82 Å². The molecule has 6 nitrogen and oxygen atoms in total. The predicted octanol–water partition coefficient (Wildman–Crippen LogP) is 1.87. The Labute approximate surface area is 122 Å². The molecular weight excluding hydrogens is 277 g/mol. The van der Waals surface area contributed by atoms with Crippen molar-refractivity contribution in [2.45, 2.75) is 32.2 Å². The van der Waals surface area contributed by atoms with Gasteiger partial charge in [0.1, 0.15) is 22.7 Å². The average molecular weight is 297 g/mol. The van der Waals surface area contributed by atoms with Gasteiger partial charge in [-0.25, -0.2) is 4.39 Å². The summed E-state index contributed by atoms with van der Waals surface area (Å²) in [6.45, 7) is 3.56. The van der Waals surface area contributed by atoms with E-state index in [0.29, 0.717) is 12.8 Å². The highest BCUT2D eigenvalue weighted by molar-refractivity contribution is 6.02. The molecule has 0 spiro atoms. The van der Waals surface area contributed by atoms with Crippen LogP contribution in [0.1, 0.15) is 37.0 Å². The molecule has 0 radical (unpaired) electrons. The SMILES string of the molecule is CCC(CC)(NC(=O)c1c(F)cccc1OC)C(N)=NO. The topological polar surface area (TPSA) is 96.9 Å². The quantitative estimate of drug-likeness (QED) is 0.323. The monoisotopic (exact) mass is 297 g/mol. The third-order valence-electron chi connectivity index (χ3n) is 3.58. The first kappa shape index (κ1) is 16.7. The number of oxime groups is 1. The van der Waals surface area contributed by atoms with E-state index in [-0.39, 0.29) is 17.1 Å². The summed E-state index contributed by atoms with van der Waals surface area (Å²) in [5, 5.41) is 14.5. The van der Waals surface area contributed by atoms with Gasteiger partial charge in [-0.05, 0) is 25.0 Å². The molecule has 0 saturated heterocycles. The van der Waals surface area contributed by atoms with Crippen molar-refractivity contribution < 1.29 is 19.1 Å². The molecule has 0 atom stereocenters. The van der Waals surface area contributed by atoms with Crippen LogP contribution >= 0.6 is 0 Å². The third-order valence-corrected chi connectivity index (χ3v) is 3.58. The zero-order valence-electron chi connectivity index (χ0n) is 12.3. The summed E-state index contributed by atoms with van der Waals surface area (Å²) in [5.74, 6) is -1.39. The standard InChI is InChI=1S/C14H20FN3O3/c1-4-14(5-2,13(16)18-20)17-12(19)11-9(15)7-6-8-10(11)21-3/h6-8,20H,4-5H2,1-3H3,(H2,16,18)(H,17,19). The van der Waals surface area contributed by atoms with Crippen LogP contribution in [0.5, 0.6) is 5.75 Å². The lowest BCUT2D eigenvalue weighted by molar-refractivity contribution is 0.0910. The van der Waals surface area contributed by atoms with E-state index < -0.39 is 17.3 Å². The smallest absolute Gasteiger partial charge is 0.258 e. The first-order valence-corrected chi connectivity index (χ1v) is 6.58. The van der Waals surface area contributed by atoms with Gasteiger partial charge >= 0.3 is 0 Å². The minimum atomic E-state index is -1.04. The van der Waals surface area contributed by atoms with Crippen molar-refractivity contribution in [2.24, 2.45) is 10.9 Å². The Balaban J connectivity index is 3.21. The molecule has 1 aromatic carbocycles. The Kier molecular flexibility index (Phi) is 5.52. The molecule has 1 amide bonds. The normalized spacial score (nSPS) is 12.1. The zero-order chi connectivity index (χ0) is 16.0. The van der Waals surface area contributed by atoms with Crippen LogP contribution in [0.3, 0.4) is 0 Å². The Hall–Kier alpha value is -2.31. The molecule has 1 aromatic rings. The molecule has 0 heterocycles. The average Bonchev–Trinajstić information content (AvgIpc) is 2.51. The molecule has 21 heavy (non-hydrogen) atoms. The fourth-order valence-electron chi connectivity index (χ4n) is 2.12. The molecule has 0 saturated carbocycles. The van der Waals surface area contributed by atoms with Crippen molar-refractivity contribution in [1.82, 2.24) is 5.32 Å². The van der Waals surface area contributed by atoms with Crippen molar-refractivity contribution in [3.8, 4) is 5.75 Å². The van der Waals surface area contributed by atoms with E-state index in [1.165, 1.54) is 25.3 Å². The molecule has 0 aliphatic carbocycles. The highest BCUT2D eigenvalue weighted by Gasteiger charge is 2.35. The number of carbonyl (C=O) groups excluding carboxylic acids is 1. The number of amidine groups is 1. The third kappa shape index (κ3) is 3.24. The van der Waals surface area contributed by atoms with Crippen molar-refractivity contribution in [2.75, 3.05) is 7.11 Å².